The molecule has 5 nitrogen and oxygen atoms in total. The van der Waals surface area contributed by atoms with Crippen molar-refractivity contribution in [1.82, 2.24) is 4.57 Å². The molecule has 0 N–H and O–H groups in total. The van der Waals surface area contributed by atoms with Gasteiger partial charge in [0.25, 0.3) is 0 Å². The Balaban J connectivity index is 1.75. The SMILES string of the molecule is CCOC(=O)c1c(Cl)c2cc(Oc3ccc(C(C)(C)C)cc3)ccc2n1-c1ccc(OC(C)C)cc1. The number of benzene rings is 3. The molecule has 1 heterocycles. The molecule has 0 bridgehead atoms. The predicted molar refractivity (Wildman–Crippen MR) is 145 cm³/mol. The van der Waals surface area contributed by atoms with Crippen molar-refractivity contribution >= 4 is 28.5 Å². The van der Waals surface area contributed by atoms with E-state index in [1.165, 1.54) is 5.56 Å². The first-order chi connectivity index (χ1) is 17.1. The van der Waals surface area contributed by atoms with Crippen LogP contribution in [0, 0.1) is 0 Å². The summed E-state index contributed by atoms with van der Waals surface area (Å²) in [7, 11) is 0. The van der Waals surface area contributed by atoms with Gasteiger partial charge in [0, 0.05) is 11.1 Å². The van der Waals surface area contributed by atoms with Gasteiger partial charge in [-0.25, -0.2) is 4.79 Å². The second kappa shape index (κ2) is 10.3. The third-order valence-corrected chi connectivity index (χ3v) is 6.15. The number of halogens is 1. The van der Waals surface area contributed by atoms with E-state index < -0.39 is 5.97 Å². The van der Waals surface area contributed by atoms with E-state index in [2.05, 4.69) is 32.9 Å². The van der Waals surface area contributed by atoms with Gasteiger partial charge < -0.3 is 18.8 Å². The molecule has 0 amide bonds. The Labute approximate surface area is 217 Å². The first-order valence-electron chi connectivity index (χ1n) is 12.1. The van der Waals surface area contributed by atoms with Gasteiger partial charge in [0.05, 0.1) is 23.3 Å². The van der Waals surface area contributed by atoms with Crippen molar-refractivity contribution in [1.29, 1.82) is 0 Å². The molecule has 1 aromatic heterocycles. The van der Waals surface area contributed by atoms with E-state index in [9.17, 15) is 4.79 Å². The normalized spacial score (nSPS) is 11.7. The first kappa shape index (κ1) is 25.6. The molecule has 188 valence electrons. The minimum atomic E-state index is -0.485. The van der Waals surface area contributed by atoms with Crippen molar-refractivity contribution < 1.29 is 19.0 Å². The molecule has 3 aromatic carbocycles. The Morgan fingerprint density at radius 2 is 1.53 bits per heavy atom. The van der Waals surface area contributed by atoms with E-state index in [4.69, 9.17) is 25.8 Å². The van der Waals surface area contributed by atoms with Crippen LogP contribution >= 0.6 is 11.6 Å². The Morgan fingerprint density at radius 3 is 2.11 bits per heavy atom. The summed E-state index contributed by atoms with van der Waals surface area (Å²) in [4.78, 5) is 12.9. The summed E-state index contributed by atoms with van der Waals surface area (Å²) >= 11 is 6.79. The number of ether oxygens (including phenoxy) is 3. The third kappa shape index (κ3) is 5.36. The molecule has 0 saturated carbocycles. The number of hydrogen-bond acceptors (Lipinski definition) is 4. The molecule has 6 heteroatoms. The maximum Gasteiger partial charge on any atom is 0.356 e. The van der Waals surface area contributed by atoms with Crippen LogP contribution in [0.4, 0.5) is 0 Å². The summed E-state index contributed by atoms with van der Waals surface area (Å²) in [6.45, 7) is 12.5. The summed E-state index contributed by atoms with van der Waals surface area (Å²) in [6.07, 6.45) is 0.0656. The van der Waals surface area contributed by atoms with E-state index in [1.54, 1.807) is 6.92 Å². The zero-order chi connectivity index (χ0) is 26.0. The molecule has 36 heavy (non-hydrogen) atoms. The molecule has 0 atom stereocenters. The second-order valence-corrected chi connectivity index (χ2v) is 10.3. The molecule has 4 aromatic rings. The molecule has 0 unspecified atom stereocenters. The highest BCUT2D eigenvalue weighted by atomic mass is 35.5. The van der Waals surface area contributed by atoms with Crippen molar-refractivity contribution in [2.75, 3.05) is 6.61 Å². The molecule has 0 saturated heterocycles. The highest BCUT2D eigenvalue weighted by Crippen LogP contribution is 2.37. The zero-order valence-electron chi connectivity index (χ0n) is 21.6. The average molecular weight is 506 g/mol. The van der Waals surface area contributed by atoms with Crippen LogP contribution in [-0.4, -0.2) is 23.2 Å². The highest BCUT2D eigenvalue weighted by molar-refractivity contribution is 6.38. The summed E-state index contributed by atoms with van der Waals surface area (Å²) in [6, 6.07) is 21.3. The lowest BCUT2D eigenvalue weighted by atomic mass is 9.87. The minimum absolute atomic E-state index is 0.0656. The Bertz CT molecular complexity index is 1360. The lowest BCUT2D eigenvalue weighted by Crippen LogP contribution is -2.11. The molecule has 0 radical (unpaired) electrons. The second-order valence-electron chi connectivity index (χ2n) is 9.93. The van der Waals surface area contributed by atoms with Gasteiger partial charge in [-0.15, -0.1) is 0 Å². The van der Waals surface area contributed by atoms with Crippen LogP contribution < -0.4 is 9.47 Å². The number of esters is 1. The van der Waals surface area contributed by atoms with Crippen molar-refractivity contribution in [3.05, 3.63) is 83.0 Å². The first-order valence-corrected chi connectivity index (χ1v) is 12.5. The third-order valence-electron chi connectivity index (χ3n) is 5.77. The number of hydrogen-bond donors (Lipinski definition) is 0. The number of fused-ring (bicyclic) bond motifs is 1. The quantitative estimate of drug-likeness (QED) is 0.237. The summed E-state index contributed by atoms with van der Waals surface area (Å²) in [5, 5.41) is 1.02. The maximum absolute atomic E-state index is 12.9. The fourth-order valence-electron chi connectivity index (χ4n) is 4.05. The van der Waals surface area contributed by atoms with Crippen molar-refractivity contribution in [2.45, 2.75) is 53.1 Å². The minimum Gasteiger partial charge on any atom is -0.491 e. The van der Waals surface area contributed by atoms with E-state index in [0.29, 0.717) is 16.2 Å². The average Bonchev–Trinajstić information content (AvgIpc) is 3.11. The zero-order valence-corrected chi connectivity index (χ0v) is 22.3. The van der Waals surface area contributed by atoms with E-state index in [0.717, 1.165) is 22.7 Å². The molecule has 0 aliphatic rings. The van der Waals surface area contributed by atoms with Crippen LogP contribution in [-0.2, 0) is 10.2 Å². The standard InChI is InChI=1S/C30H32ClNO4/c1-7-34-29(33)28-27(31)25-18-24(36-23-12-8-20(9-13-23)30(4,5)6)16-17-26(25)32(28)21-10-14-22(15-11-21)35-19(2)3/h8-19H,7H2,1-6H3. The topological polar surface area (TPSA) is 49.7 Å². The van der Waals surface area contributed by atoms with E-state index in [-0.39, 0.29) is 23.8 Å². The van der Waals surface area contributed by atoms with Gasteiger partial charge in [0.15, 0.2) is 5.69 Å². The van der Waals surface area contributed by atoms with Crippen LogP contribution in [0.15, 0.2) is 66.7 Å². The number of aromatic nitrogens is 1. The fourth-order valence-corrected chi connectivity index (χ4v) is 4.36. The number of nitrogens with zero attached hydrogens (tertiary/aromatic N) is 1. The van der Waals surface area contributed by atoms with Crippen LogP contribution in [0.3, 0.4) is 0 Å². The molecular formula is C30H32ClNO4. The van der Waals surface area contributed by atoms with Crippen molar-refractivity contribution in [3.63, 3.8) is 0 Å². The highest BCUT2D eigenvalue weighted by Gasteiger charge is 2.24. The van der Waals surface area contributed by atoms with Crippen molar-refractivity contribution in [3.8, 4) is 22.9 Å². The Hall–Kier alpha value is -3.44. The predicted octanol–water partition coefficient (Wildman–Crippen LogP) is 8.34. The van der Waals surface area contributed by atoms with Gasteiger partial charge in [0.2, 0.25) is 0 Å². The molecule has 4 rings (SSSR count). The number of carbonyl (C=O) groups is 1. The molecule has 0 spiro atoms. The maximum atomic E-state index is 12.9. The number of carbonyl (C=O) groups excluding carboxylic acids is 1. The van der Waals surface area contributed by atoms with Gasteiger partial charge >= 0.3 is 5.97 Å². The lowest BCUT2D eigenvalue weighted by molar-refractivity contribution is 0.0517. The van der Waals surface area contributed by atoms with Gasteiger partial charge in [0.1, 0.15) is 17.2 Å². The van der Waals surface area contributed by atoms with E-state index >= 15 is 0 Å². The van der Waals surface area contributed by atoms with Crippen LogP contribution in [0.25, 0.3) is 16.6 Å². The van der Waals surface area contributed by atoms with Crippen molar-refractivity contribution in [2.24, 2.45) is 0 Å². The fraction of sp³-hybridized carbons (Fsp3) is 0.300. The summed E-state index contributed by atoms with van der Waals surface area (Å²) < 4.78 is 19.1. The van der Waals surface area contributed by atoms with Crippen LogP contribution in [0.1, 0.15) is 57.6 Å². The largest absolute Gasteiger partial charge is 0.491 e. The molecule has 0 aliphatic heterocycles. The summed E-state index contributed by atoms with van der Waals surface area (Å²) in [5.41, 5.74) is 3.12. The van der Waals surface area contributed by atoms with E-state index in [1.807, 2.05) is 73.0 Å². The van der Waals surface area contributed by atoms with Gasteiger partial charge in [-0.05, 0) is 86.3 Å². The monoisotopic (exact) mass is 505 g/mol. The van der Waals surface area contributed by atoms with Gasteiger partial charge in [-0.1, -0.05) is 44.5 Å². The van der Waals surface area contributed by atoms with Gasteiger partial charge in [-0.2, -0.15) is 0 Å². The Morgan fingerprint density at radius 1 is 0.917 bits per heavy atom. The Kier molecular flexibility index (Phi) is 7.32. The molecule has 0 fully saturated rings. The van der Waals surface area contributed by atoms with Crippen LogP contribution in [0.2, 0.25) is 5.02 Å². The summed E-state index contributed by atoms with van der Waals surface area (Å²) in [5.74, 6) is 1.62. The molecule has 0 aliphatic carbocycles. The van der Waals surface area contributed by atoms with Gasteiger partial charge in [-0.3, -0.25) is 0 Å². The van der Waals surface area contributed by atoms with Crippen LogP contribution in [0.5, 0.6) is 17.2 Å². The number of rotatable bonds is 7. The lowest BCUT2D eigenvalue weighted by Gasteiger charge is -2.19. The smallest absolute Gasteiger partial charge is 0.356 e. The molecular weight excluding hydrogens is 474 g/mol.